The summed E-state index contributed by atoms with van der Waals surface area (Å²) in [5.74, 6) is 1.88. The number of rotatable bonds is 3. The first-order chi connectivity index (χ1) is 13.2. The smallest absolute Gasteiger partial charge is 0.291 e. The van der Waals surface area contributed by atoms with Gasteiger partial charge < -0.3 is 4.42 Å². The fraction of sp³-hybridized carbons (Fsp3) is 0. The molecule has 132 valence electrons. The average Bonchev–Trinajstić information content (AvgIpc) is 3.43. The molecule has 0 bridgehead atoms. The van der Waals surface area contributed by atoms with Crippen LogP contribution in [0.15, 0.2) is 63.1 Å². The molecule has 0 N–H and O–H groups in total. The van der Waals surface area contributed by atoms with E-state index in [1.54, 1.807) is 17.4 Å². The first-order valence-corrected chi connectivity index (χ1v) is 10.1. The Morgan fingerprint density at radius 2 is 1.96 bits per heavy atom. The van der Waals surface area contributed by atoms with Crippen molar-refractivity contribution in [1.29, 1.82) is 0 Å². The van der Waals surface area contributed by atoms with Crippen molar-refractivity contribution in [3.8, 4) is 22.0 Å². The molecule has 4 heterocycles. The minimum Gasteiger partial charge on any atom is -0.457 e. The lowest BCUT2D eigenvalue weighted by molar-refractivity contribution is 0.571. The van der Waals surface area contributed by atoms with Crippen LogP contribution in [0.5, 0.6) is 0 Å². The van der Waals surface area contributed by atoms with E-state index in [0.29, 0.717) is 31.9 Å². The van der Waals surface area contributed by atoms with Gasteiger partial charge in [-0.2, -0.15) is 9.50 Å². The Bertz CT molecular complexity index is 1350. The summed E-state index contributed by atoms with van der Waals surface area (Å²) in [5.41, 5.74) is 0.722. The van der Waals surface area contributed by atoms with Gasteiger partial charge in [-0.1, -0.05) is 29.0 Å². The van der Waals surface area contributed by atoms with Gasteiger partial charge in [-0.15, -0.1) is 16.4 Å². The Kier molecular flexibility index (Phi) is 3.93. The van der Waals surface area contributed by atoms with E-state index in [2.05, 4.69) is 10.1 Å². The number of aromatic nitrogens is 3. The fourth-order valence-electron chi connectivity index (χ4n) is 2.67. The number of benzene rings is 1. The van der Waals surface area contributed by atoms with Crippen LogP contribution in [0.2, 0.25) is 5.02 Å². The van der Waals surface area contributed by atoms with E-state index in [-0.39, 0.29) is 5.56 Å². The maximum absolute atomic E-state index is 12.6. The zero-order chi connectivity index (χ0) is 18.4. The second-order valence-corrected chi connectivity index (χ2v) is 8.13. The third-order valence-corrected chi connectivity index (χ3v) is 6.03. The first-order valence-electron chi connectivity index (χ1n) is 7.98. The van der Waals surface area contributed by atoms with Gasteiger partial charge in [-0.25, -0.2) is 0 Å². The van der Waals surface area contributed by atoms with Crippen molar-refractivity contribution in [2.75, 3.05) is 0 Å². The van der Waals surface area contributed by atoms with Gasteiger partial charge >= 0.3 is 0 Å². The lowest BCUT2D eigenvalue weighted by atomic mass is 10.2. The topological polar surface area (TPSA) is 60.4 Å². The van der Waals surface area contributed by atoms with E-state index < -0.39 is 0 Å². The predicted molar refractivity (Wildman–Crippen MR) is 108 cm³/mol. The molecule has 0 unspecified atom stereocenters. The van der Waals surface area contributed by atoms with Crippen molar-refractivity contribution in [3.05, 3.63) is 79.6 Å². The van der Waals surface area contributed by atoms with E-state index in [1.165, 1.54) is 15.9 Å². The van der Waals surface area contributed by atoms with Gasteiger partial charge in [0.2, 0.25) is 4.96 Å². The van der Waals surface area contributed by atoms with E-state index in [0.717, 1.165) is 10.4 Å². The highest BCUT2D eigenvalue weighted by Crippen LogP contribution is 2.24. The summed E-state index contributed by atoms with van der Waals surface area (Å²) in [4.78, 5) is 18.6. The second kappa shape index (κ2) is 6.45. The number of thiophene rings is 1. The van der Waals surface area contributed by atoms with Gasteiger partial charge in [0, 0.05) is 16.7 Å². The highest BCUT2D eigenvalue weighted by atomic mass is 35.5. The molecule has 0 aliphatic carbocycles. The molecular formula is C19H10ClN3O2S2. The summed E-state index contributed by atoms with van der Waals surface area (Å²) in [6.45, 7) is 0. The lowest BCUT2D eigenvalue weighted by Gasteiger charge is -1.96. The minimum atomic E-state index is -0.199. The molecule has 27 heavy (non-hydrogen) atoms. The van der Waals surface area contributed by atoms with Crippen molar-refractivity contribution in [2.24, 2.45) is 0 Å². The van der Waals surface area contributed by atoms with Crippen molar-refractivity contribution in [2.45, 2.75) is 0 Å². The quantitative estimate of drug-likeness (QED) is 0.443. The number of furan rings is 1. The molecule has 0 radical (unpaired) electrons. The minimum absolute atomic E-state index is 0.199. The fourth-order valence-corrected chi connectivity index (χ4v) is 4.34. The van der Waals surface area contributed by atoms with E-state index in [1.807, 2.05) is 53.9 Å². The molecule has 8 heteroatoms. The van der Waals surface area contributed by atoms with Crippen LogP contribution in [0.25, 0.3) is 33.1 Å². The van der Waals surface area contributed by atoms with E-state index in [4.69, 9.17) is 16.0 Å². The summed E-state index contributed by atoms with van der Waals surface area (Å²) in [6.07, 6.45) is 1.72. The Labute approximate surface area is 165 Å². The van der Waals surface area contributed by atoms with Crippen LogP contribution in [-0.2, 0) is 0 Å². The predicted octanol–water partition coefficient (Wildman–Crippen LogP) is 4.34. The second-order valence-electron chi connectivity index (χ2n) is 5.73. The number of halogens is 1. The molecule has 1 aromatic carbocycles. The zero-order valence-electron chi connectivity index (χ0n) is 13.6. The van der Waals surface area contributed by atoms with Crippen LogP contribution in [-0.4, -0.2) is 14.6 Å². The SMILES string of the molecule is O=c1/c(=C/c2ccc(-c3ccc(Cl)cc3)o2)sc2nc(-c3cccs3)nn12. The Hall–Kier alpha value is -2.74. The van der Waals surface area contributed by atoms with Crippen LogP contribution < -0.4 is 10.1 Å². The molecule has 5 nitrogen and oxygen atoms in total. The summed E-state index contributed by atoms with van der Waals surface area (Å²) in [5, 5.41) is 6.95. The highest BCUT2D eigenvalue weighted by molar-refractivity contribution is 7.15. The summed E-state index contributed by atoms with van der Waals surface area (Å²) in [7, 11) is 0. The first kappa shape index (κ1) is 16.4. The number of nitrogens with zero attached hydrogens (tertiary/aromatic N) is 3. The number of hydrogen-bond acceptors (Lipinski definition) is 6. The molecular weight excluding hydrogens is 402 g/mol. The zero-order valence-corrected chi connectivity index (χ0v) is 16.0. The molecule has 0 saturated heterocycles. The van der Waals surface area contributed by atoms with Gasteiger partial charge in [-0.05, 0) is 47.8 Å². The van der Waals surface area contributed by atoms with Crippen molar-refractivity contribution < 1.29 is 4.42 Å². The van der Waals surface area contributed by atoms with E-state index >= 15 is 0 Å². The van der Waals surface area contributed by atoms with Crippen LogP contribution in [0.1, 0.15) is 5.76 Å². The standard InChI is InChI=1S/C19H10ClN3O2S2/c20-12-5-3-11(4-6-12)14-8-7-13(25-14)10-16-18(24)23-19(27-16)21-17(22-23)15-2-1-9-26-15/h1-10H/b16-10-. The number of thiazole rings is 1. The lowest BCUT2D eigenvalue weighted by Crippen LogP contribution is -2.23. The molecule has 4 aromatic heterocycles. The molecule has 0 saturated carbocycles. The van der Waals surface area contributed by atoms with Crippen LogP contribution in [0, 0.1) is 0 Å². The molecule has 0 amide bonds. The molecule has 0 aliphatic heterocycles. The summed E-state index contributed by atoms with van der Waals surface area (Å²) >= 11 is 8.75. The molecule has 0 aliphatic rings. The van der Waals surface area contributed by atoms with Crippen LogP contribution >= 0.6 is 34.3 Å². The Balaban J connectivity index is 1.53. The normalized spacial score (nSPS) is 12.3. The third kappa shape index (κ3) is 2.99. The number of hydrogen-bond donors (Lipinski definition) is 0. The van der Waals surface area contributed by atoms with Crippen LogP contribution in [0.4, 0.5) is 0 Å². The van der Waals surface area contributed by atoms with Crippen molar-refractivity contribution in [1.82, 2.24) is 14.6 Å². The summed E-state index contributed by atoms with van der Waals surface area (Å²) < 4.78 is 7.71. The van der Waals surface area contributed by atoms with Crippen molar-refractivity contribution >= 4 is 45.3 Å². The highest BCUT2D eigenvalue weighted by Gasteiger charge is 2.13. The molecule has 5 aromatic rings. The van der Waals surface area contributed by atoms with Gasteiger partial charge in [0.05, 0.1) is 4.88 Å². The Morgan fingerprint density at radius 3 is 2.70 bits per heavy atom. The van der Waals surface area contributed by atoms with E-state index in [9.17, 15) is 4.79 Å². The van der Waals surface area contributed by atoms with Gasteiger partial charge in [0.1, 0.15) is 16.1 Å². The monoisotopic (exact) mass is 411 g/mol. The summed E-state index contributed by atoms with van der Waals surface area (Å²) in [6, 6.07) is 15.0. The molecule has 0 atom stereocenters. The third-order valence-electron chi connectivity index (χ3n) is 3.95. The maximum atomic E-state index is 12.6. The molecule has 0 fully saturated rings. The number of fused-ring (bicyclic) bond motifs is 1. The van der Waals surface area contributed by atoms with Crippen molar-refractivity contribution in [3.63, 3.8) is 0 Å². The maximum Gasteiger partial charge on any atom is 0.291 e. The Morgan fingerprint density at radius 1 is 1.11 bits per heavy atom. The molecule has 0 spiro atoms. The van der Waals surface area contributed by atoms with Gasteiger partial charge in [0.15, 0.2) is 5.82 Å². The van der Waals surface area contributed by atoms with Gasteiger partial charge in [-0.3, -0.25) is 4.79 Å². The van der Waals surface area contributed by atoms with Gasteiger partial charge in [0.25, 0.3) is 5.56 Å². The average molecular weight is 412 g/mol. The largest absolute Gasteiger partial charge is 0.457 e. The van der Waals surface area contributed by atoms with Crippen LogP contribution in [0.3, 0.4) is 0 Å². The molecule has 5 rings (SSSR count).